The lowest BCUT2D eigenvalue weighted by Gasteiger charge is -2.31. The van der Waals surface area contributed by atoms with Crippen LogP contribution in [0, 0.1) is 10.1 Å². The first kappa shape index (κ1) is 16.8. The molecule has 122 valence electrons. The van der Waals surface area contributed by atoms with Gasteiger partial charge in [-0.1, -0.05) is 0 Å². The Balaban J connectivity index is 1.66. The predicted molar refractivity (Wildman–Crippen MR) is 74.8 cm³/mol. The standard InChI is InChI=1S/C11H22N3O6P/c1-11(14(15)16)9-19-21(17,20-10-11)12-3-2-4-13-5-7-18-8-6-13/h2-10H2,1H3,(H,12,17). The molecule has 2 aliphatic rings. The number of morpholine rings is 1. The molecular weight excluding hydrogens is 301 g/mol. The summed E-state index contributed by atoms with van der Waals surface area (Å²) >= 11 is 0. The second kappa shape index (κ2) is 7.13. The molecule has 1 N–H and O–H groups in total. The fourth-order valence-corrected chi connectivity index (χ4v) is 3.65. The van der Waals surface area contributed by atoms with Crippen LogP contribution in [0.15, 0.2) is 0 Å². The molecule has 2 rings (SSSR count). The summed E-state index contributed by atoms with van der Waals surface area (Å²) in [7, 11) is -3.40. The Kier molecular flexibility index (Phi) is 5.70. The molecule has 2 fully saturated rings. The van der Waals surface area contributed by atoms with Crippen molar-refractivity contribution in [3.8, 4) is 0 Å². The average molecular weight is 323 g/mol. The molecule has 0 aromatic heterocycles. The van der Waals surface area contributed by atoms with Gasteiger partial charge in [0.1, 0.15) is 13.2 Å². The number of hydrogen-bond acceptors (Lipinski definition) is 7. The van der Waals surface area contributed by atoms with Crippen molar-refractivity contribution in [1.82, 2.24) is 9.99 Å². The molecule has 0 aromatic rings. The molecule has 0 amide bonds. The molecule has 0 atom stereocenters. The highest BCUT2D eigenvalue weighted by Gasteiger charge is 2.47. The van der Waals surface area contributed by atoms with E-state index in [9.17, 15) is 14.7 Å². The summed E-state index contributed by atoms with van der Waals surface area (Å²) in [6, 6.07) is 0. The van der Waals surface area contributed by atoms with E-state index in [2.05, 4.69) is 9.99 Å². The van der Waals surface area contributed by atoms with Gasteiger partial charge in [-0.3, -0.25) is 24.1 Å². The number of rotatable bonds is 6. The monoisotopic (exact) mass is 323 g/mol. The van der Waals surface area contributed by atoms with Crippen LogP contribution < -0.4 is 5.09 Å². The van der Waals surface area contributed by atoms with Crippen LogP contribution in [0.5, 0.6) is 0 Å². The Morgan fingerprint density at radius 2 is 1.95 bits per heavy atom. The fourth-order valence-electron chi connectivity index (χ4n) is 2.07. The van der Waals surface area contributed by atoms with Crippen molar-refractivity contribution in [1.29, 1.82) is 0 Å². The lowest BCUT2D eigenvalue weighted by molar-refractivity contribution is -0.573. The molecule has 9 nitrogen and oxygen atoms in total. The number of nitrogens with zero attached hydrogens (tertiary/aromatic N) is 2. The van der Waals surface area contributed by atoms with Gasteiger partial charge < -0.3 is 4.74 Å². The molecule has 0 unspecified atom stereocenters. The zero-order valence-corrected chi connectivity index (χ0v) is 13.0. The highest BCUT2D eigenvalue weighted by molar-refractivity contribution is 7.51. The van der Waals surface area contributed by atoms with Crippen LogP contribution in [0.25, 0.3) is 0 Å². The largest absolute Gasteiger partial charge is 0.406 e. The molecule has 2 saturated heterocycles. The van der Waals surface area contributed by atoms with Crippen molar-refractivity contribution >= 4 is 7.75 Å². The van der Waals surface area contributed by atoms with Crippen LogP contribution in [0.4, 0.5) is 0 Å². The van der Waals surface area contributed by atoms with E-state index in [1.165, 1.54) is 6.92 Å². The molecule has 0 saturated carbocycles. The van der Waals surface area contributed by atoms with E-state index in [1.54, 1.807) is 0 Å². The Labute approximate surface area is 123 Å². The van der Waals surface area contributed by atoms with Crippen LogP contribution >= 0.6 is 7.75 Å². The maximum atomic E-state index is 12.2. The molecule has 0 radical (unpaired) electrons. The highest BCUT2D eigenvalue weighted by Crippen LogP contribution is 2.48. The normalized spacial score (nSPS) is 34.7. The van der Waals surface area contributed by atoms with Gasteiger partial charge in [-0.05, 0) is 13.0 Å². The van der Waals surface area contributed by atoms with Crippen molar-refractivity contribution in [3.05, 3.63) is 10.1 Å². The zero-order valence-electron chi connectivity index (χ0n) is 12.2. The van der Waals surface area contributed by atoms with Gasteiger partial charge in [-0.15, -0.1) is 0 Å². The minimum absolute atomic E-state index is 0.215. The molecule has 2 aliphatic heterocycles. The maximum Gasteiger partial charge on any atom is 0.406 e. The molecule has 0 spiro atoms. The first-order valence-corrected chi connectivity index (χ1v) is 8.57. The third kappa shape index (κ3) is 4.70. The first-order valence-electron chi connectivity index (χ1n) is 7.02. The number of nitro groups is 1. The van der Waals surface area contributed by atoms with Gasteiger partial charge in [0.2, 0.25) is 0 Å². The number of nitrogens with one attached hydrogen (secondary N) is 1. The molecule has 0 aromatic carbocycles. The summed E-state index contributed by atoms with van der Waals surface area (Å²) in [5.74, 6) is 0. The topological polar surface area (TPSA) is 103 Å². The van der Waals surface area contributed by atoms with E-state index < -0.39 is 18.2 Å². The van der Waals surface area contributed by atoms with E-state index in [1.807, 2.05) is 0 Å². The van der Waals surface area contributed by atoms with Crippen LogP contribution in [-0.4, -0.2) is 68.0 Å². The van der Waals surface area contributed by atoms with Gasteiger partial charge in [-0.25, -0.2) is 9.65 Å². The Morgan fingerprint density at radius 3 is 2.52 bits per heavy atom. The van der Waals surface area contributed by atoms with Crippen molar-refractivity contribution in [2.45, 2.75) is 18.9 Å². The zero-order chi connectivity index (χ0) is 15.3. The fraction of sp³-hybridized carbons (Fsp3) is 1.00. The van der Waals surface area contributed by atoms with Gasteiger partial charge in [-0.2, -0.15) is 0 Å². The highest BCUT2D eigenvalue weighted by atomic mass is 31.2. The molecule has 0 bridgehead atoms. The minimum atomic E-state index is -3.40. The van der Waals surface area contributed by atoms with Crippen LogP contribution in [0.2, 0.25) is 0 Å². The second-order valence-electron chi connectivity index (χ2n) is 5.51. The van der Waals surface area contributed by atoms with Crippen molar-refractivity contribution in [3.63, 3.8) is 0 Å². The Bertz CT molecular complexity index is 403. The van der Waals surface area contributed by atoms with E-state index in [4.69, 9.17) is 13.8 Å². The lowest BCUT2D eigenvalue weighted by atomic mass is 10.1. The van der Waals surface area contributed by atoms with Gasteiger partial charge in [0.25, 0.3) is 5.54 Å². The maximum absolute atomic E-state index is 12.2. The summed E-state index contributed by atoms with van der Waals surface area (Å²) in [6.07, 6.45) is 0.795. The van der Waals surface area contributed by atoms with Gasteiger partial charge in [0.05, 0.1) is 13.2 Å². The Morgan fingerprint density at radius 1 is 1.33 bits per heavy atom. The smallest absolute Gasteiger partial charge is 0.379 e. The van der Waals surface area contributed by atoms with Crippen molar-refractivity contribution < 1.29 is 23.3 Å². The number of ether oxygens (including phenoxy) is 1. The van der Waals surface area contributed by atoms with E-state index >= 15 is 0 Å². The summed E-state index contributed by atoms with van der Waals surface area (Å²) in [5, 5.41) is 13.6. The molecular formula is C11H22N3O6P. The van der Waals surface area contributed by atoms with Crippen LogP contribution in [0.3, 0.4) is 0 Å². The van der Waals surface area contributed by atoms with Gasteiger partial charge in [0.15, 0.2) is 0 Å². The third-order valence-electron chi connectivity index (χ3n) is 3.59. The average Bonchev–Trinajstić information content (AvgIpc) is 2.48. The molecule has 10 heteroatoms. The number of hydrogen-bond donors (Lipinski definition) is 1. The second-order valence-corrected chi connectivity index (χ2v) is 7.34. The predicted octanol–water partition coefficient (Wildman–Crippen LogP) is 0.489. The van der Waals surface area contributed by atoms with Gasteiger partial charge in [0, 0.05) is 31.5 Å². The summed E-state index contributed by atoms with van der Waals surface area (Å²) in [4.78, 5) is 12.7. The first-order chi connectivity index (χ1) is 9.94. The molecule has 21 heavy (non-hydrogen) atoms. The molecule has 0 aliphatic carbocycles. The summed E-state index contributed by atoms with van der Waals surface area (Å²) < 4.78 is 27.6. The Hall–Kier alpha value is -0.570. The SMILES string of the molecule is CC1([N+](=O)[O-])COP(=O)(NCCCN2CCOCC2)OC1. The van der Waals surface area contributed by atoms with Crippen LogP contribution in [0.1, 0.15) is 13.3 Å². The summed E-state index contributed by atoms with van der Waals surface area (Å²) in [5.41, 5.74) is -1.33. The summed E-state index contributed by atoms with van der Waals surface area (Å²) in [6.45, 7) is 5.65. The lowest BCUT2D eigenvalue weighted by Crippen LogP contribution is -2.47. The van der Waals surface area contributed by atoms with Crippen molar-refractivity contribution in [2.24, 2.45) is 0 Å². The van der Waals surface area contributed by atoms with E-state index in [0.717, 1.165) is 39.3 Å². The molecule has 2 heterocycles. The van der Waals surface area contributed by atoms with E-state index in [0.29, 0.717) is 6.54 Å². The third-order valence-corrected chi connectivity index (χ3v) is 5.14. The quantitative estimate of drug-likeness (QED) is 0.326. The van der Waals surface area contributed by atoms with E-state index in [-0.39, 0.29) is 13.2 Å². The van der Waals surface area contributed by atoms with Crippen LogP contribution in [-0.2, 0) is 18.3 Å². The van der Waals surface area contributed by atoms with Crippen molar-refractivity contribution in [2.75, 3.05) is 52.6 Å². The van der Waals surface area contributed by atoms with Gasteiger partial charge >= 0.3 is 7.75 Å². The minimum Gasteiger partial charge on any atom is -0.379 e.